The molecule has 0 aliphatic carbocycles. The number of pyridine rings is 1. The van der Waals surface area contributed by atoms with Crippen molar-refractivity contribution >= 4 is 5.57 Å². The third-order valence-corrected chi connectivity index (χ3v) is 1.65. The summed E-state index contributed by atoms with van der Waals surface area (Å²) in [5, 5.41) is 0. The normalized spacial score (nSPS) is 12.3. The maximum atomic E-state index is 4.06. The van der Waals surface area contributed by atoms with E-state index in [1.165, 1.54) is 5.57 Å². The van der Waals surface area contributed by atoms with Gasteiger partial charge in [-0.15, -0.1) is 0 Å². The highest BCUT2D eigenvalue weighted by atomic mass is 14.6. The van der Waals surface area contributed by atoms with Crippen molar-refractivity contribution in [2.45, 2.75) is 13.8 Å². The summed E-state index contributed by atoms with van der Waals surface area (Å²) in [6.45, 7) is 4.04. The predicted octanol–water partition coefficient (Wildman–Crippen LogP) is 3.06. The molecule has 0 amide bonds. The molecule has 0 spiro atoms. The van der Waals surface area contributed by atoms with Crippen LogP contribution in [0.3, 0.4) is 0 Å². The number of nitrogens with zero attached hydrogens (tertiary/aromatic N) is 1. The molecule has 1 aromatic rings. The number of hydrogen-bond donors (Lipinski definition) is 0. The van der Waals surface area contributed by atoms with Gasteiger partial charge in [-0.25, -0.2) is 0 Å². The number of allylic oxidation sites excluding steroid dienone is 4. The van der Waals surface area contributed by atoms with Gasteiger partial charge in [0.1, 0.15) is 0 Å². The molecule has 0 saturated heterocycles. The summed E-state index contributed by atoms with van der Waals surface area (Å²) in [4.78, 5) is 4.06. The fourth-order valence-electron chi connectivity index (χ4n) is 1.07. The summed E-state index contributed by atoms with van der Waals surface area (Å²) in [6, 6.07) is 4.00. The Morgan fingerprint density at radius 3 is 2.75 bits per heavy atom. The SMILES string of the molecule is CC=CC(=CC)c1cccnc1. The van der Waals surface area contributed by atoms with Crippen molar-refractivity contribution in [2.75, 3.05) is 0 Å². The third-order valence-electron chi connectivity index (χ3n) is 1.65. The lowest BCUT2D eigenvalue weighted by molar-refractivity contribution is 1.31. The second kappa shape index (κ2) is 4.50. The van der Waals surface area contributed by atoms with Crippen LogP contribution in [-0.4, -0.2) is 4.98 Å². The first-order chi connectivity index (χ1) is 5.88. The predicted molar refractivity (Wildman–Crippen MR) is 52.7 cm³/mol. The molecule has 0 N–H and O–H groups in total. The second-order valence-corrected chi connectivity index (χ2v) is 2.49. The van der Waals surface area contributed by atoms with Gasteiger partial charge in [0.05, 0.1) is 0 Å². The van der Waals surface area contributed by atoms with E-state index in [1.54, 1.807) is 6.20 Å². The van der Waals surface area contributed by atoms with Crippen molar-refractivity contribution in [2.24, 2.45) is 0 Å². The Balaban J connectivity index is 2.97. The summed E-state index contributed by atoms with van der Waals surface area (Å²) in [7, 11) is 0. The van der Waals surface area contributed by atoms with Gasteiger partial charge in [0, 0.05) is 12.4 Å². The van der Waals surface area contributed by atoms with E-state index in [9.17, 15) is 0 Å². The van der Waals surface area contributed by atoms with E-state index in [0.717, 1.165) is 5.56 Å². The van der Waals surface area contributed by atoms with Crippen LogP contribution in [0.5, 0.6) is 0 Å². The minimum absolute atomic E-state index is 1.16. The highest BCUT2D eigenvalue weighted by Gasteiger charge is 1.93. The zero-order chi connectivity index (χ0) is 8.81. The van der Waals surface area contributed by atoms with Gasteiger partial charge in [0.25, 0.3) is 0 Å². The Labute approximate surface area is 73.5 Å². The molecule has 0 saturated carbocycles. The van der Waals surface area contributed by atoms with E-state index in [2.05, 4.69) is 23.2 Å². The van der Waals surface area contributed by atoms with Crippen molar-refractivity contribution < 1.29 is 0 Å². The lowest BCUT2D eigenvalue weighted by Gasteiger charge is -1.98. The zero-order valence-corrected chi connectivity index (χ0v) is 7.49. The van der Waals surface area contributed by atoms with E-state index in [1.807, 2.05) is 32.2 Å². The van der Waals surface area contributed by atoms with Crippen LogP contribution in [0.4, 0.5) is 0 Å². The van der Waals surface area contributed by atoms with E-state index >= 15 is 0 Å². The first kappa shape index (κ1) is 8.72. The minimum atomic E-state index is 1.16. The number of hydrogen-bond acceptors (Lipinski definition) is 1. The lowest BCUT2D eigenvalue weighted by atomic mass is 10.1. The molecule has 1 nitrogen and oxygen atoms in total. The van der Waals surface area contributed by atoms with Gasteiger partial charge in [-0.1, -0.05) is 24.3 Å². The van der Waals surface area contributed by atoms with Crippen LogP contribution >= 0.6 is 0 Å². The highest BCUT2D eigenvalue weighted by molar-refractivity contribution is 5.72. The monoisotopic (exact) mass is 159 g/mol. The van der Waals surface area contributed by atoms with Crippen LogP contribution in [0.1, 0.15) is 19.4 Å². The van der Waals surface area contributed by atoms with Gasteiger partial charge in [0.15, 0.2) is 0 Å². The first-order valence-corrected chi connectivity index (χ1v) is 4.08. The molecule has 1 rings (SSSR count). The zero-order valence-electron chi connectivity index (χ0n) is 7.49. The van der Waals surface area contributed by atoms with Gasteiger partial charge in [-0.3, -0.25) is 4.98 Å². The van der Waals surface area contributed by atoms with E-state index in [-0.39, 0.29) is 0 Å². The van der Waals surface area contributed by atoms with Crippen LogP contribution < -0.4 is 0 Å². The van der Waals surface area contributed by atoms with Crippen LogP contribution in [-0.2, 0) is 0 Å². The molecule has 0 radical (unpaired) electrons. The Morgan fingerprint density at radius 2 is 2.25 bits per heavy atom. The molecule has 0 unspecified atom stereocenters. The molecule has 0 aliphatic heterocycles. The molecule has 1 heteroatoms. The second-order valence-electron chi connectivity index (χ2n) is 2.49. The van der Waals surface area contributed by atoms with Crippen molar-refractivity contribution in [3.05, 3.63) is 48.3 Å². The molecule has 0 atom stereocenters. The summed E-state index contributed by atoms with van der Waals surface area (Å²) < 4.78 is 0. The summed E-state index contributed by atoms with van der Waals surface area (Å²) in [5.74, 6) is 0. The Hall–Kier alpha value is -1.37. The molecule has 0 bridgehead atoms. The first-order valence-electron chi connectivity index (χ1n) is 4.08. The van der Waals surface area contributed by atoms with Crippen molar-refractivity contribution in [1.29, 1.82) is 0 Å². The van der Waals surface area contributed by atoms with Crippen LogP contribution in [0, 0.1) is 0 Å². The smallest absolute Gasteiger partial charge is 0.0346 e. The molecule has 0 aromatic carbocycles. The maximum Gasteiger partial charge on any atom is 0.0346 e. The molecule has 0 aliphatic rings. The molecule has 1 heterocycles. The average Bonchev–Trinajstić information content (AvgIpc) is 2.15. The molecule has 1 aromatic heterocycles. The van der Waals surface area contributed by atoms with Gasteiger partial charge >= 0.3 is 0 Å². The van der Waals surface area contributed by atoms with E-state index in [4.69, 9.17) is 0 Å². The summed E-state index contributed by atoms with van der Waals surface area (Å²) >= 11 is 0. The van der Waals surface area contributed by atoms with Gasteiger partial charge < -0.3 is 0 Å². The minimum Gasteiger partial charge on any atom is -0.264 e. The maximum absolute atomic E-state index is 4.06. The van der Waals surface area contributed by atoms with Crippen molar-refractivity contribution in [1.82, 2.24) is 4.98 Å². The summed E-state index contributed by atoms with van der Waals surface area (Å²) in [5.41, 5.74) is 2.38. The van der Waals surface area contributed by atoms with Crippen molar-refractivity contribution in [3.8, 4) is 0 Å². The molecular weight excluding hydrogens is 146 g/mol. The Morgan fingerprint density at radius 1 is 1.42 bits per heavy atom. The van der Waals surface area contributed by atoms with Crippen molar-refractivity contribution in [3.63, 3.8) is 0 Å². The van der Waals surface area contributed by atoms with Gasteiger partial charge in [-0.05, 0) is 31.1 Å². The quantitative estimate of drug-likeness (QED) is 0.604. The standard InChI is InChI=1S/C11H13N/c1-3-6-10(4-2)11-7-5-8-12-9-11/h3-9H,1-2H3. The van der Waals surface area contributed by atoms with Crippen LogP contribution in [0.15, 0.2) is 42.8 Å². The highest BCUT2D eigenvalue weighted by Crippen LogP contribution is 2.13. The average molecular weight is 159 g/mol. The summed E-state index contributed by atoms with van der Waals surface area (Å²) in [6.07, 6.45) is 9.85. The fraction of sp³-hybridized carbons (Fsp3) is 0.182. The largest absolute Gasteiger partial charge is 0.264 e. The lowest BCUT2D eigenvalue weighted by Crippen LogP contribution is -1.80. The number of aromatic nitrogens is 1. The van der Waals surface area contributed by atoms with Crippen LogP contribution in [0.2, 0.25) is 0 Å². The van der Waals surface area contributed by atoms with E-state index < -0.39 is 0 Å². The van der Waals surface area contributed by atoms with Crippen LogP contribution in [0.25, 0.3) is 5.57 Å². The molecule has 62 valence electrons. The molecule has 12 heavy (non-hydrogen) atoms. The van der Waals surface area contributed by atoms with Gasteiger partial charge in [-0.2, -0.15) is 0 Å². The Bertz CT molecular complexity index is 283. The molecular formula is C11H13N. The third kappa shape index (κ3) is 2.06. The topological polar surface area (TPSA) is 12.9 Å². The Kier molecular flexibility index (Phi) is 3.27. The number of rotatable bonds is 2. The molecule has 0 fully saturated rings. The van der Waals surface area contributed by atoms with E-state index in [0.29, 0.717) is 0 Å². The fourth-order valence-corrected chi connectivity index (χ4v) is 1.07. The van der Waals surface area contributed by atoms with Gasteiger partial charge in [0.2, 0.25) is 0 Å².